The molecule has 1 N–H and O–H groups in total. The summed E-state index contributed by atoms with van der Waals surface area (Å²) in [5.74, 6) is -0.596. The Balaban J connectivity index is 1.39. The van der Waals surface area contributed by atoms with E-state index in [1.807, 2.05) is 58.5 Å². The molecular formula is C23H18N4O3S3. The summed E-state index contributed by atoms with van der Waals surface area (Å²) < 4.78 is 6.93. The van der Waals surface area contributed by atoms with E-state index in [9.17, 15) is 9.59 Å². The molecule has 1 amide bonds. The van der Waals surface area contributed by atoms with Crippen molar-refractivity contribution >= 4 is 67.9 Å². The van der Waals surface area contributed by atoms with Crippen molar-refractivity contribution in [3.05, 3.63) is 64.4 Å². The first-order chi connectivity index (χ1) is 16.1. The van der Waals surface area contributed by atoms with Crippen molar-refractivity contribution in [1.29, 1.82) is 0 Å². The Labute approximate surface area is 201 Å². The maximum absolute atomic E-state index is 12.8. The zero-order valence-corrected chi connectivity index (χ0v) is 20.1. The van der Waals surface area contributed by atoms with E-state index in [1.165, 1.54) is 41.5 Å². The van der Waals surface area contributed by atoms with Crippen LogP contribution in [0.15, 0.2) is 58.4 Å². The molecule has 0 aliphatic rings. The minimum Gasteiger partial charge on any atom is -0.465 e. The van der Waals surface area contributed by atoms with Crippen LogP contribution in [0.4, 0.5) is 5.00 Å². The average Bonchev–Trinajstić information content (AvgIpc) is 3.57. The van der Waals surface area contributed by atoms with Gasteiger partial charge in [-0.1, -0.05) is 36.0 Å². The van der Waals surface area contributed by atoms with E-state index in [4.69, 9.17) is 4.74 Å². The molecule has 0 aliphatic carbocycles. The Morgan fingerprint density at radius 3 is 2.79 bits per heavy atom. The van der Waals surface area contributed by atoms with E-state index < -0.39 is 5.97 Å². The van der Waals surface area contributed by atoms with Crippen LogP contribution in [0.5, 0.6) is 0 Å². The SMILES string of the molecule is COC(=O)c1c(-c2cccs2)csc1NC(=O)CSc1nnc2cc(C)c3ccccc3n12. The second-order valence-electron chi connectivity index (χ2n) is 7.18. The van der Waals surface area contributed by atoms with Crippen molar-refractivity contribution in [1.82, 2.24) is 14.6 Å². The Morgan fingerprint density at radius 2 is 2.00 bits per heavy atom. The molecule has 166 valence electrons. The van der Waals surface area contributed by atoms with Crippen molar-refractivity contribution in [3.63, 3.8) is 0 Å². The van der Waals surface area contributed by atoms with Crippen molar-refractivity contribution in [2.75, 3.05) is 18.2 Å². The topological polar surface area (TPSA) is 85.6 Å². The molecule has 0 fully saturated rings. The molecule has 4 heterocycles. The van der Waals surface area contributed by atoms with Gasteiger partial charge in [0.1, 0.15) is 10.6 Å². The van der Waals surface area contributed by atoms with E-state index in [0.717, 1.165) is 32.6 Å². The number of nitrogens with one attached hydrogen (secondary N) is 1. The summed E-state index contributed by atoms with van der Waals surface area (Å²) in [7, 11) is 1.34. The van der Waals surface area contributed by atoms with Crippen LogP contribution in [-0.2, 0) is 9.53 Å². The highest BCUT2D eigenvalue weighted by Gasteiger charge is 2.23. The summed E-state index contributed by atoms with van der Waals surface area (Å²) in [6.45, 7) is 2.04. The van der Waals surface area contributed by atoms with E-state index in [2.05, 4.69) is 21.6 Å². The fraction of sp³-hybridized carbons (Fsp3) is 0.130. The number of aryl methyl sites for hydroxylation is 1. The largest absolute Gasteiger partial charge is 0.465 e. The first-order valence-electron chi connectivity index (χ1n) is 9.96. The Morgan fingerprint density at radius 1 is 1.15 bits per heavy atom. The minimum absolute atomic E-state index is 0.121. The quantitative estimate of drug-likeness (QED) is 0.248. The molecule has 0 saturated heterocycles. The second-order valence-corrected chi connectivity index (χ2v) is 9.95. The number of rotatable bonds is 6. The highest BCUT2D eigenvalue weighted by molar-refractivity contribution is 7.99. The predicted molar refractivity (Wildman–Crippen MR) is 134 cm³/mol. The number of thioether (sulfide) groups is 1. The van der Waals surface area contributed by atoms with Gasteiger partial charge >= 0.3 is 5.97 Å². The van der Waals surface area contributed by atoms with Gasteiger partial charge in [0, 0.05) is 21.2 Å². The normalized spacial score (nSPS) is 11.2. The number of carbonyl (C=O) groups is 2. The zero-order valence-electron chi connectivity index (χ0n) is 17.7. The smallest absolute Gasteiger partial charge is 0.341 e. The van der Waals surface area contributed by atoms with Crippen LogP contribution >= 0.6 is 34.4 Å². The summed E-state index contributed by atoms with van der Waals surface area (Å²) in [4.78, 5) is 26.2. The first kappa shape index (κ1) is 21.6. The zero-order chi connectivity index (χ0) is 22.9. The summed E-state index contributed by atoms with van der Waals surface area (Å²) >= 11 is 4.13. The second kappa shape index (κ2) is 8.97. The molecule has 10 heteroatoms. The summed E-state index contributed by atoms with van der Waals surface area (Å²) in [6, 6.07) is 13.9. The standard InChI is InChI=1S/C23H18N4O3S3/c1-13-10-18-25-26-23(27(18)16-7-4-3-6-14(13)16)33-12-19(28)24-21-20(22(29)30-2)15(11-32-21)17-8-5-9-31-17/h3-11H,12H2,1-2H3,(H,24,28). The van der Waals surface area contributed by atoms with Crippen LogP contribution in [0.25, 0.3) is 27.0 Å². The lowest BCUT2D eigenvalue weighted by atomic mass is 10.1. The molecule has 5 rings (SSSR count). The highest BCUT2D eigenvalue weighted by Crippen LogP contribution is 2.38. The van der Waals surface area contributed by atoms with Crippen molar-refractivity contribution in [3.8, 4) is 10.4 Å². The van der Waals surface area contributed by atoms with Gasteiger partial charge in [-0.2, -0.15) is 0 Å². The lowest BCUT2D eigenvalue weighted by Crippen LogP contribution is -2.16. The molecule has 4 aromatic heterocycles. The van der Waals surface area contributed by atoms with Gasteiger partial charge in [-0.3, -0.25) is 9.20 Å². The molecule has 0 unspecified atom stereocenters. The number of thiophene rings is 2. The van der Waals surface area contributed by atoms with Gasteiger partial charge in [-0.25, -0.2) is 4.79 Å². The number of para-hydroxylation sites is 1. The van der Waals surface area contributed by atoms with Gasteiger partial charge < -0.3 is 10.1 Å². The van der Waals surface area contributed by atoms with Gasteiger partial charge in [-0.15, -0.1) is 32.9 Å². The number of methoxy groups -OCH3 is 1. The van der Waals surface area contributed by atoms with Crippen LogP contribution in [-0.4, -0.2) is 39.3 Å². The number of hydrogen-bond acceptors (Lipinski definition) is 8. The number of nitrogens with zero attached hydrogens (tertiary/aromatic N) is 3. The van der Waals surface area contributed by atoms with E-state index in [1.54, 1.807) is 0 Å². The number of esters is 1. The third-order valence-electron chi connectivity index (χ3n) is 5.13. The number of hydrogen-bond donors (Lipinski definition) is 1. The van der Waals surface area contributed by atoms with Crippen molar-refractivity contribution in [2.24, 2.45) is 0 Å². The third kappa shape index (κ3) is 4.01. The number of amides is 1. The monoisotopic (exact) mass is 494 g/mol. The molecule has 0 atom stereocenters. The number of aromatic nitrogens is 3. The summed E-state index contributed by atoms with van der Waals surface area (Å²) in [5, 5.41) is 17.5. The molecule has 0 bridgehead atoms. The van der Waals surface area contributed by atoms with Crippen molar-refractivity contribution in [2.45, 2.75) is 12.1 Å². The Hall–Kier alpha value is -3.21. The lowest BCUT2D eigenvalue weighted by Gasteiger charge is -2.08. The number of ether oxygens (including phenoxy) is 1. The molecule has 7 nitrogen and oxygen atoms in total. The number of fused-ring (bicyclic) bond motifs is 3. The van der Waals surface area contributed by atoms with Gasteiger partial charge in [-0.05, 0) is 36.1 Å². The molecule has 1 aromatic carbocycles. The molecule has 0 saturated carbocycles. The highest BCUT2D eigenvalue weighted by atomic mass is 32.2. The molecule has 5 aromatic rings. The number of carbonyl (C=O) groups excluding carboxylic acids is 2. The maximum Gasteiger partial charge on any atom is 0.341 e. The first-order valence-corrected chi connectivity index (χ1v) is 12.7. The van der Waals surface area contributed by atoms with Crippen LogP contribution in [0.2, 0.25) is 0 Å². The van der Waals surface area contributed by atoms with Crippen LogP contribution in [0.3, 0.4) is 0 Å². The van der Waals surface area contributed by atoms with E-state index >= 15 is 0 Å². The van der Waals surface area contributed by atoms with Crippen LogP contribution < -0.4 is 5.32 Å². The fourth-order valence-corrected chi connectivity index (χ4v) is 6.17. The predicted octanol–water partition coefficient (Wildman–Crippen LogP) is 5.50. The van der Waals surface area contributed by atoms with Crippen LogP contribution in [0.1, 0.15) is 15.9 Å². The fourth-order valence-electron chi connectivity index (χ4n) is 3.63. The third-order valence-corrected chi connectivity index (χ3v) is 7.85. The molecule has 33 heavy (non-hydrogen) atoms. The number of benzene rings is 1. The van der Waals surface area contributed by atoms with Gasteiger partial charge in [0.05, 0.1) is 18.4 Å². The molecule has 0 radical (unpaired) electrons. The van der Waals surface area contributed by atoms with Gasteiger partial charge in [0.2, 0.25) is 5.91 Å². The van der Waals surface area contributed by atoms with Gasteiger partial charge in [0.15, 0.2) is 10.8 Å². The molecular weight excluding hydrogens is 476 g/mol. The summed E-state index contributed by atoms with van der Waals surface area (Å²) in [5.41, 5.74) is 3.98. The summed E-state index contributed by atoms with van der Waals surface area (Å²) in [6.07, 6.45) is 0. The number of anilines is 1. The molecule has 0 aliphatic heterocycles. The van der Waals surface area contributed by atoms with E-state index in [0.29, 0.717) is 15.7 Å². The maximum atomic E-state index is 12.8. The minimum atomic E-state index is -0.479. The Kier molecular flexibility index (Phi) is 5.88. The van der Waals surface area contributed by atoms with Gasteiger partial charge in [0.25, 0.3) is 0 Å². The number of pyridine rings is 1. The average molecular weight is 495 g/mol. The molecule has 0 spiro atoms. The Bertz CT molecular complexity index is 1490. The van der Waals surface area contributed by atoms with Crippen LogP contribution in [0, 0.1) is 6.92 Å². The van der Waals surface area contributed by atoms with Crippen molar-refractivity contribution < 1.29 is 14.3 Å². The lowest BCUT2D eigenvalue weighted by molar-refractivity contribution is -0.113. The van der Waals surface area contributed by atoms with E-state index in [-0.39, 0.29) is 11.7 Å².